The molecule has 0 aromatic heterocycles. The van der Waals surface area contributed by atoms with Crippen molar-refractivity contribution < 1.29 is 14.3 Å². The molecule has 1 fully saturated rings. The summed E-state index contributed by atoms with van der Waals surface area (Å²) in [4.78, 5) is 30.3. The number of likely N-dealkylation sites (tertiary alicyclic amines) is 1. The van der Waals surface area contributed by atoms with Gasteiger partial charge in [0.15, 0.2) is 0 Å². The van der Waals surface area contributed by atoms with Crippen LogP contribution in [-0.4, -0.2) is 54.5 Å². The van der Waals surface area contributed by atoms with Crippen molar-refractivity contribution in [1.82, 2.24) is 9.80 Å². The third-order valence-electron chi connectivity index (χ3n) is 6.00. The van der Waals surface area contributed by atoms with Crippen molar-refractivity contribution in [1.29, 1.82) is 0 Å². The molecule has 1 aromatic rings. The number of ether oxygens (including phenoxy) is 1. The second-order valence-corrected chi connectivity index (χ2v) is 8.69. The Bertz CT molecular complexity index is 804. The molecule has 2 unspecified atom stereocenters. The van der Waals surface area contributed by atoms with Crippen LogP contribution in [0.25, 0.3) is 5.57 Å². The molecule has 2 heterocycles. The van der Waals surface area contributed by atoms with Gasteiger partial charge < -0.3 is 9.64 Å². The summed E-state index contributed by atoms with van der Waals surface area (Å²) in [5.41, 5.74) is 4.31. The average Bonchev–Trinajstić information content (AvgIpc) is 2.91. The smallest absolute Gasteiger partial charge is 0.277 e. The van der Waals surface area contributed by atoms with E-state index in [4.69, 9.17) is 4.74 Å². The molecule has 2 atom stereocenters. The summed E-state index contributed by atoms with van der Waals surface area (Å²) in [5.74, 6) is 0.681. The number of hydrogen-bond acceptors (Lipinski definition) is 4. The third-order valence-corrected chi connectivity index (χ3v) is 6.00. The molecule has 5 nitrogen and oxygen atoms in total. The molecule has 158 valence electrons. The number of hydrogen-bond donors (Lipinski definition) is 0. The lowest BCUT2D eigenvalue weighted by atomic mass is 9.90. The molecule has 0 N–H and O–H groups in total. The van der Waals surface area contributed by atoms with Crippen LogP contribution < -0.4 is 0 Å². The number of benzene rings is 1. The zero-order valence-electron chi connectivity index (χ0n) is 18.5. The topological polar surface area (TPSA) is 49.9 Å². The fraction of sp³-hybridized carbons (Fsp3) is 0.583. The van der Waals surface area contributed by atoms with E-state index in [9.17, 15) is 9.59 Å². The quantitative estimate of drug-likeness (QED) is 0.518. The van der Waals surface area contributed by atoms with Crippen molar-refractivity contribution in [3.05, 3.63) is 40.6 Å². The summed E-state index contributed by atoms with van der Waals surface area (Å²) in [6.07, 6.45) is 1.81. The zero-order valence-corrected chi connectivity index (χ0v) is 18.5. The van der Waals surface area contributed by atoms with Gasteiger partial charge in [0, 0.05) is 32.8 Å². The van der Waals surface area contributed by atoms with Gasteiger partial charge in [-0.2, -0.15) is 0 Å². The molecule has 2 aliphatic rings. The number of carbonyl (C=O) groups is 2. The van der Waals surface area contributed by atoms with E-state index in [2.05, 4.69) is 25.7 Å². The highest BCUT2D eigenvalue weighted by Gasteiger charge is 2.42. The van der Waals surface area contributed by atoms with Gasteiger partial charge in [0.1, 0.15) is 5.70 Å². The Balaban J connectivity index is 1.98. The van der Waals surface area contributed by atoms with Crippen LogP contribution in [-0.2, 0) is 14.3 Å². The first kappa shape index (κ1) is 21.6. The molecule has 0 saturated carbocycles. The minimum atomic E-state index is -0.171. The van der Waals surface area contributed by atoms with E-state index in [1.54, 1.807) is 0 Å². The lowest BCUT2D eigenvalue weighted by molar-refractivity contribution is -0.137. The SMILES string of the molecule is CCOCCCN1C(=O)C(c2ccc(C)c(C)c2)=C(N2CC(C)CC(C)C2)C1=O. The average molecular weight is 399 g/mol. The molecular formula is C24H34N2O3. The van der Waals surface area contributed by atoms with Gasteiger partial charge in [0.05, 0.1) is 5.57 Å². The normalized spacial score (nSPS) is 22.8. The molecule has 2 aliphatic heterocycles. The summed E-state index contributed by atoms with van der Waals surface area (Å²) in [6.45, 7) is 13.7. The minimum absolute atomic E-state index is 0.152. The van der Waals surface area contributed by atoms with Crippen molar-refractivity contribution in [2.24, 2.45) is 11.8 Å². The molecule has 0 spiro atoms. The second kappa shape index (κ2) is 9.12. The Labute approximate surface area is 174 Å². The zero-order chi connectivity index (χ0) is 21.1. The van der Waals surface area contributed by atoms with Crippen LogP contribution >= 0.6 is 0 Å². The third kappa shape index (κ3) is 4.55. The van der Waals surface area contributed by atoms with E-state index >= 15 is 0 Å². The predicted octanol–water partition coefficient (Wildman–Crippen LogP) is 3.79. The second-order valence-electron chi connectivity index (χ2n) is 8.69. The number of amides is 2. The highest BCUT2D eigenvalue weighted by molar-refractivity contribution is 6.35. The summed E-state index contributed by atoms with van der Waals surface area (Å²) in [7, 11) is 0. The Kier molecular flexibility index (Phi) is 6.78. The fourth-order valence-corrected chi connectivity index (χ4v) is 4.53. The number of aryl methyl sites for hydroxylation is 2. The standard InChI is InChI=1S/C24H34N2O3/c1-6-29-11-7-10-26-23(27)21(20-9-8-18(4)19(5)13-20)22(24(26)28)25-14-16(2)12-17(3)15-25/h8-9,13,16-17H,6-7,10-12,14-15H2,1-5H3. The maximum atomic E-state index is 13.4. The van der Waals surface area contributed by atoms with Crippen LogP contribution in [0.1, 0.15) is 50.3 Å². The van der Waals surface area contributed by atoms with Gasteiger partial charge in [-0.15, -0.1) is 0 Å². The van der Waals surface area contributed by atoms with E-state index in [0.717, 1.165) is 30.6 Å². The molecular weight excluding hydrogens is 364 g/mol. The van der Waals surface area contributed by atoms with Gasteiger partial charge in [-0.3, -0.25) is 14.5 Å². The van der Waals surface area contributed by atoms with E-state index in [0.29, 0.717) is 49.3 Å². The largest absolute Gasteiger partial charge is 0.382 e. The van der Waals surface area contributed by atoms with Crippen LogP contribution in [0.3, 0.4) is 0 Å². The van der Waals surface area contributed by atoms with E-state index in [1.807, 2.05) is 32.0 Å². The van der Waals surface area contributed by atoms with Gasteiger partial charge in [0.2, 0.25) is 0 Å². The lowest BCUT2D eigenvalue weighted by Gasteiger charge is -2.37. The summed E-state index contributed by atoms with van der Waals surface area (Å²) in [6, 6.07) is 6.05. The van der Waals surface area contributed by atoms with Gasteiger partial charge in [-0.25, -0.2) is 0 Å². The first-order valence-corrected chi connectivity index (χ1v) is 10.8. The molecule has 2 amide bonds. The van der Waals surface area contributed by atoms with Crippen LogP contribution in [0, 0.1) is 25.7 Å². The number of imide groups is 1. The lowest BCUT2D eigenvalue weighted by Crippen LogP contribution is -2.42. The van der Waals surface area contributed by atoms with E-state index in [-0.39, 0.29) is 11.8 Å². The summed E-state index contributed by atoms with van der Waals surface area (Å²) < 4.78 is 5.40. The number of rotatable bonds is 7. The molecule has 5 heteroatoms. The summed E-state index contributed by atoms with van der Waals surface area (Å²) in [5, 5.41) is 0. The van der Waals surface area contributed by atoms with E-state index < -0.39 is 0 Å². The number of nitrogens with zero attached hydrogens (tertiary/aromatic N) is 2. The highest BCUT2D eigenvalue weighted by atomic mass is 16.5. The number of carbonyl (C=O) groups excluding carboxylic acids is 2. The first-order valence-electron chi connectivity index (χ1n) is 10.8. The summed E-state index contributed by atoms with van der Waals surface area (Å²) >= 11 is 0. The van der Waals surface area contributed by atoms with Crippen LogP contribution in [0.5, 0.6) is 0 Å². The van der Waals surface area contributed by atoms with Crippen molar-refractivity contribution in [3.63, 3.8) is 0 Å². The molecule has 0 radical (unpaired) electrons. The number of piperidine rings is 1. The van der Waals surface area contributed by atoms with Crippen LogP contribution in [0.4, 0.5) is 0 Å². The Morgan fingerprint density at radius 1 is 1.03 bits per heavy atom. The Morgan fingerprint density at radius 2 is 1.72 bits per heavy atom. The highest BCUT2D eigenvalue weighted by Crippen LogP contribution is 2.35. The van der Waals surface area contributed by atoms with Gasteiger partial charge >= 0.3 is 0 Å². The van der Waals surface area contributed by atoms with Gasteiger partial charge in [-0.05, 0) is 62.1 Å². The van der Waals surface area contributed by atoms with E-state index in [1.165, 1.54) is 10.5 Å². The minimum Gasteiger partial charge on any atom is -0.382 e. The monoisotopic (exact) mass is 398 g/mol. The molecule has 1 saturated heterocycles. The maximum absolute atomic E-state index is 13.4. The Morgan fingerprint density at radius 3 is 2.34 bits per heavy atom. The van der Waals surface area contributed by atoms with Crippen LogP contribution in [0.15, 0.2) is 23.9 Å². The van der Waals surface area contributed by atoms with Crippen LogP contribution in [0.2, 0.25) is 0 Å². The van der Waals surface area contributed by atoms with Crippen molar-refractivity contribution in [3.8, 4) is 0 Å². The molecule has 1 aromatic carbocycles. The molecule has 0 bridgehead atoms. The maximum Gasteiger partial charge on any atom is 0.277 e. The first-order chi connectivity index (χ1) is 13.8. The van der Waals surface area contributed by atoms with Gasteiger partial charge in [0.25, 0.3) is 11.8 Å². The van der Waals surface area contributed by atoms with Crippen molar-refractivity contribution in [2.75, 3.05) is 32.8 Å². The van der Waals surface area contributed by atoms with Gasteiger partial charge in [-0.1, -0.05) is 32.0 Å². The fourth-order valence-electron chi connectivity index (χ4n) is 4.53. The molecule has 3 rings (SSSR count). The predicted molar refractivity (Wildman–Crippen MR) is 115 cm³/mol. The molecule has 0 aliphatic carbocycles. The Hall–Kier alpha value is -2.14. The van der Waals surface area contributed by atoms with Crippen molar-refractivity contribution in [2.45, 2.75) is 47.5 Å². The van der Waals surface area contributed by atoms with Crippen molar-refractivity contribution >= 4 is 17.4 Å². The molecule has 29 heavy (non-hydrogen) atoms.